The molecular formula is C15H12Cl3NO3. The van der Waals surface area contributed by atoms with Gasteiger partial charge in [-0.2, -0.15) is 0 Å². The van der Waals surface area contributed by atoms with Crippen LogP contribution in [0.2, 0.25) is 15.1 Å². The minimum absolute atomic E-state index is 0.0156. The molecule has 4 nitrogen and oxygen atoms in total. The van der Waals surface area contributed by atoms with Crippen molar-refractivity contribution in [3.05, 3.63) is 56.3 Å². The van der Waals surface area contributed by atoms with Gasteiger partial charge in [-0.3, -0.25) is 0 Å². The van der Waals surface area contributed by atoms with E-state index in [1.807, 2.05) is 6.92 Å². The van der Waals surface area contributed by atoms with Gasteiger partial charge >= 0.3 is 5.97 Å². The van der Waals surface area contributed by atoms with E-state index in [4.69, 9.17) is 44.6 Å². The van der Waals surface area contributed by atoms with Crippen LogP contribution in [-0.4, -0.2) is 16.1 Å². The number of aromatic carboxylic acids is 1. The molecule has 1 aromatic carbocycles. The third-order valence-corrected chi connectivity index (χ3v) is 4.22. The number of benzene rings is 1. The quantitative estimate of drug-likeness (QED) is 0.772. The van der Waals surface area contributed by atoms with Crippen molar-refractivity contribution in [1.82, 2.24) is 4.98 Å². The van der Waals surface area contributed by atoms with Crippen LogP contribution in [0, 0.1) is 0 Å². The highest BCUT2D eigenvalue weighted by Crippen LogP contribution is 2.37. The maximum Gasteiger partial charge on any atom is 0.354 e. The van der Waals surface area contributed by atoms with Gasteiger partial charge in [0.05, 0.1) is 15.7 Å². The van der Waals surface area contributed by atoms with Gasteiger partial charge in [0.15, 0.2) is 0 Å². The Morgan fingerprint density at radius 3 is 2.59 bits per heavy atom. The average Bonchev–Trinajstić information content (AvgIpc) is 2.51. The summed E-state index contributed by atoms with van der Waals surface area (Å²) in [6.45, 7) is 2.01. The van der Waals surface area contributed by atoms with Gasteiger partial charge in [0.25, 0.3) is 0 Å². The monoisotopic (exact) mass is 359 g/mol. The normalized spacial score (nSPS) is 10.5. The molecule has 1 aromatic heterocycles. The molecule has 2 aromatic rings. The second kappa shape index (κ2) is 7.18. The first-order valence-corrected chi connectivity index (χ1v) is 7.55. The van der Waals surface area contributed by atoms with E-state index in [1.165, 1.54) is 6.07 Å². The zero-order valence-corrected chi connectivity index (χ0v) is 13.8. The van der Waals surface area contributed by atoms with E-state index in [1.54, 1.807) is 18.2 Å². The van der Waals surface area contributed by atoms with Crippen molar-refractivity contribution >= 4 is 40.8 Å². The number of hydrogen-bond acceptors (Lipinski definition) is 3. The smallest absolute Gasteiger partial charge is 0.354 e. The van der Waals surface area contributed by atoms with Crippen molar-refractivity contribution in [2.24, 2.45) is 0 Å². The summed E-state index contributed by atoms with van der Waals surface area (Å²) in [6, 6.07) is 6.50. The summed E-state index contributed by atoms with van der Waals surface area (Å²) in [6.07, 6.45) is 0.698. The summed E-state index contributed by atoms with van der Waals surface area (Å²) in [5.41, 5.74) is 1.35. The third kappa shape index (κ3) is 3.83. The van der Waals surface area contributed by atoms with Crippen LogP contribution in [0.15, 0.2) is 24.3 Å². The molecule has 0 atom stereocenters. The van der Waals surface area contributed by atoms with Crippen LogP contribution in [-0.2, 0) is 13.0 Å². The molecule has 0 aliphatic heterocycles. The molecule has 2 rings (SSSR count). The summed E-state index contributed by atoms with van der Waals surface area (Å²) >= 11 is 17.8. The number of halogens is 3. The molecule has 0 aliphatic rings. The number of carboxylic acids is 1. The third-order valence-electron chi connectivity index (χ3n) is 2.94. The lowest BCUT2D eigenvalue weighted by Gasteiger charge is -2.10. The van der Waals surface area contributed by atoms with Crippen LogP contribution >= 0.6 is 34.8 Å². The molecule has 0 amide bonds. The van der Waals surface area contributed by atoms with E-state index >= 15 is 0 Å². The van der Waals surface area contributed by atoms with E-state index in [0.717, 1.165) is 5.56 Å². The van der Waals surface area contributed by atoms with Gasteiger partial charge in [-0.15, -0.1) is 0 Å². The summed E-state index contributed by atoms with van der Waals surface area (Å²) in [5.74, 6) is -0.722. The molecule has 116 valence electrons. The molecule has 0 saturated heterocycles. The number of carbonyl (C=O) groups is 1. The van der Waals surface area contributed by atoms with Crippen LogP contribution < -0.4 is 4.74 Å². The summed E-state index contributed by atoms with van der Waals surface area (Å²) < 4.78 is 5.56. The van der Waals surface area contributed by atoms with Gasteiger partial charge in [0.2, 0.25) is 0 Å². The number of carboxylic acid groups (broad SMARTS) is 1. The predicted molar refractivity (Wildman–Crippen MR) is 86.4 cm³/mol. The Morgan fingerprint density at radius 1 is 1.23 bits per heavy atom. The van der Waals surface area contributed by atoms with Gasteiger partial charge < -0.3 is 9.84 Å². The average molecular weight is 361 g/mol. The van der Waals surface area contributed by atoms with Crippen molar-refractivity contribution in [2.45, 2.75) is 20.0 Å². The van der Waals surface area contributed by atoms with Gasteiger partial charge in [0.1, 0.15) is 23.1 Å². The van der Waals surface area contributed by atoms with E-state index < -0.39 is 5.97 Å². The molecule has 0 radical (unpaired) electrons. The molecule has 22 heavy (non-hydrogen) atoms. The van der Waals surface area contributed by atoms with Crippen molar-refractivity contribution in [1.29, 1.82) is 0 Å². The molecule has 0 spiro atoms. The largest absolute Gasteiger partial charge is 0.486 e. The number of rotatable bonds is 5. The Balaban J connectivity index is 2.23. The zero-order chi connectivity index (χ0) is 16.3. The van der Waals surface area contributed by atoms with Crippen LogP contribution in [0.5, 0.6) is 5.75 Å². The first kappa shape index (κ1) is 16.9. The fraction of sp³-hybridized carbons (Fsp3) is 0.200. The molecule has 7 heteroatoms. The highest BCUT2D eigenvalue weighted by atomic mass is 35.5. The maximum atomic E-state index is 11.1. The molecule has 1 heterocycles. The minimum atomic E-state index is -1.08. The first-order valence-electron chi connectivity index (χ1n) is 6.41. The number of aryl methyl sites for hydroxylation is 1. The van der Waals surface area contributed by atoms with E-state index in [-0.39, 0.29) is 22.3 Å². The Labute approximate surface area is 142 Å². The predicted octanol–water partition coefficient (Wildman–Crippen LogP) is 4.88. The number of ether oxygens (including phenoxy) is 1. The lowest BCUT2D eigenvalue weighted by molar-refractivity contribution is 0.0689. The van der Waals surface area contributed by atoms with E-state index in [2.05, 4.69) is 4.98 Å². The van der Waals surface area contributed by atoms with E-state index in [0.29, 0.717) is 22.9 Å². The number of pyridine rings is 1. The highest BCUT2D eigenvalue weighted by molar-refractivity contribution is 6.48. The summed E-state index contributed by atoms with van der Waals surface area (Å²) in [5, 5.41) is 9.82. The fourth-order valence-corrected chi connectivity index (χ4v) is 2.39. The van der Waals surface area contributed by atoms with Gasteiger partial charge in [0, 0.05) is 0 Å². The van der Waals surface area contributed by atoms with Crippen molar-refractivity contribution in [3.8, 4) is 5.75 Å². The molecule has 0 aliphatic carbocycles. The topological polar surface area (TPSA) is 59.4 Å². The number of aromatic nitrogens is 1. The molecular weight excluding hydrogens is 349 g/mol. The molecule has 1 N–H and O–H groups in total. The van der Waals surface area contributed by atoms with Crippen LogP contribution in [0.3, 0.4) is 0 Å². The SMILES string of the molecule is CCc1cc(COc2ccc(Cl)c(Cl)c2Cl)nc(C(=O)O)c1. The van der Waals surface area contributed by atoms with Crippen LogP contribution in [0.4, 0.5) is 0 Å². The standard InChI is InChI=1S/C15H12Cl3NO3/c1-2-8-5-9(19-11(6-8)15(20)21)7-22-12-4-3-10(16)13(17)14(12)18/h3-6H,2,7H2,1H3,(H,20,21). The van der Waals surface area contributed by atoms with Crippen molar-refractivity contribution in [2.75, 3.05) is 0 Å². The highest BCUT2D eigenvalue weighted by Gasteiger charge is 2.12. The van der Waals surface area contributed by atoms with Gasteiger partial charge in [-0.1, -0.05) is 41.7 Å². The van der Waals surface area contributed by atoms with Gasteiger partial charge in [-0.05, 0) is 36.2 Å². The Morgan fingerprint density at radius 2 is 1.95 bits per heavy atom. The minimum Gasteiger partial charge on any atom is -0.486 e. The Bertz CT molecular complexity index is 719. The first-order chi connectivity index (χ1) is 10.4. The Kier molecular flexibility index (Phi) is 5.51. The Hall–Kier alpha value is -1.49. The van der Waals surface area contributed by atoms with Crippen molar-refractivity contribution < 1.29 is 14.6 Å². The second-order valence-electron chi connectivity index (χ2n) is 4.47. The summed E-state index contributed by atoms with van der Waals surface area (Å²) in [7, 11) is 0. The second-order valence-corrected chi connectivity index (χ2v) is 5.64. The van der Waals surface area contributed by atoms with E-state index in [9.17, 15) is 4.79 Å². The zero-order valence-electron chi connectivity index (χ0n) is 11.6. The lowest BCUT2D eigenvalue weighted by Crippen LogP contribution is -2.07. The van der Waals surface area contributed by atoms with Crippen LogP contribution in [0.1, 0.15) is 28.7 Å². The molecule has 0 fully saturated rings. The fourth-order valence-electron chi connectivity index (χ4n) is 1.81. The number of nitrogens with zero attached hydrogens (tertiary/aromatic N) is 1. The maximum absolute atomic E-state index is 11.1. The summed E-state index contributed by atoms with van der Waals surface area (Å²) in [4.78, 5) is 15.1. The molecule has 0 saturated carbocycles. The van der Waals surface area contributed by atoms with Gasteiger partial charge in [-0.25, -0.2) is 9.78 Å². The number of hydrogen-bond donors (Lipinski definition) is 1. The van der Waals surface area contributed by atoms with Crippen LogP contribution in [0.25, 0.3) is 0 Å². The van der Waals surface area contributed by atoms with Crippen molar-refractivity contribution in [3.63, 3.8) is 0 Å². The molecule has 0 unspecified atom stereocenters. The molecule has 0 bridgehead atoms. The lowest BCUT2D eigenvalue weighted by atomic mass is 10.1.